The van der Waals surface area contributed by atoms with Crippen LogP contribution in [0.15, 0.2) is 54.6 Å². The van der Waals surface area contributed by atoms with Crippen LogP contribution in [0.3, 0.4) is 0 Å². The standard InChI is InChI=1S/C23H19Cl2F2N3O/c1-29(22-18(25)3-2-4-19(22)27)20-8-6-13(10-21(20)30-11-15(26)12-30)16-9-14(23(28)31)5-7-17(16)24/h2-10,15H,11-12H2,1H3,(H2,28,31). The lowest BCUT2D eigenvalue weighted by Gasteiger charge is -2.39. The number of halogens is 4. The van der Waals surface area contributed by atoms with Gasteiger partial charge in [-0.3, -0.25) is 4.79 Å². The zero-order valence-corrected chi connectivity index (χ0v) is 18.1. The van der Waals surface area contributed by atoms with Crippen molar-refractivity contribution in [1.29, 1.82) is 0 Å². The maximum atomic E-state index is 14.5. The largest absolute Gasteiger partial charge is 0.366 e. The lowest BCUT2D eigenvalue weighted by molar-refractivity contribution is 0.100. The highest BCUT2D eigenvalue weighted by molar-refractivity contribution is 6.34. The van der Waals surface area contributed by atoms with Gasteiger partial charge in [0, 0.05) is 23.2 Å². The summed E-state index contributed by atoms with van der Waals surface area (Å²) in [7, 11) is 1.70. The summed E-state index contributed by atoms with van der Waals surface area (Å²) >= 11 is 12.6. The van der Waals surface area contributed by atoms with Crippen molar-refractivity contribution in [2.24, 2.45) is 5.73 Å². The predicted octanol–water partition coefficient (Wildman–Crippen LogP) is 5.82. The molecule has 0 atom stereocenters. The Labute approximate surface area is 188 Å². The molecule has 2 N–H and O–H groups in total. The molecule has 0 aliphatic carbocycles. The van der Waals surface area contributed by atoms with Gasteiger partial charge in [-0.1, -0.05) is 35.3 Å². The van der Waals surface area contributed by atoms with Gasteiger partial charge in [-0.15, -0.1) is 0 Å². The lowest BCUT2D eigenvalue weighted by atomic mass is 9.99. The number of hydrogen-bond donors (Lipinski definition) is 1. The third-order valence-electron chi connectivity index (χ3n) is 5.35. The molecule has 3 aromatic rings. The summed E-state index contributed by atoms with van der Waals surface area (Å²) in [6.45, 7) is 0.453. The number of carbonyl (C=O) groups is 1. The minimum absolute atomic E-state index is 0.226. The van der Waals surface area contributed by atoms with Gasteiger partial charge >= 0.3 is 0 Å². The zero-order chi connectivity index (χ0) is 22.3. The van der Waals surface area contributed by atoms with Crippen LogP contribution in [0, 0.1) is 5.82 Å². The first-order valence-electron chi connectivity index (χ1n) is 9.57. The van der Waals surface area contributed by atoms with Crippen molar-refractivity contribution in [3.8, 4) is 11.1 Å². The molecule has 1 fully saturated rings. The third-order valence-corrected chi connectivity index (χ3v) is 5.98. The molecule has 0 aromatic heterocycles. The molecule has 0 unspecified atom stereocenters. The van der Waals surface area contributed by atoms with Gasteiger partial charge in [0.15, 0.2) is 0 Å². The van der Waals surface area contributed by atoms with E-state index in [0.717, 1.165) is 5.56 Å². The molecule has 3 aromatic carbocycles. The minimum atomic E-state index is -0.930. The number of anilines is 3. The Morgan fingerprint density at radius 1 is 1.10 bits per heavy atom. The zero-order valence-electron chi connectivity index (χ0n) is 16.6. The Balaban J connectivity index is 1.83. The van der Waals surface area contributed by atoms with E-state index in [9.17, 15) is 13.6 Å². The van der Waals surface area contributed by atoms with E-state index in [2.05, 4.69) is 0 Å². The molecule has 0 bridgehead atoms. The Kier molecular flexibility index (Phi) is 5.77. The van der Waals surface area contributed by atoms with Crippen LogP contribution in [-0.2, 0) is 0 Å². The van der Waals surface area contributed by atoms with E-state index in [1.54, 1.807) is 42.3 Å². The molecule has 8 heteroatoms. The topological polar surface area (TPSA) is 49.6 Å². The van der Waals surface area contributed by atoms with Crippen molar-refractivity contribution < 1.29 is 13.6 Å². The van der Waals surface area contributed by atoms with Crippen molar-refractivity contribution >= 4 is 46.2 Å². The summed E-state index contributed by atoms with van der Waals surface area (Å²) in [5.41, 5.74) is 8.66. The SMILES string of the molecule is CN(c1ccc(-c2cc(C(N)=O)ccc2Cl)cc1N1CC(F)C1)c1c(F)cccc1Cl. The molecule has 1 saturated heterocycles. The van der Waals surface area contributed by atoms with Gasteiger partial charge < -0.3 is 15.5 Å². The van der Waals surface area contributed by atoms with Crippen LogP contribution in [-0.4, -0.2) is 32.2 Å². The second-order valence-electron chi connectivity index (χ2n) is 7.39. The van der Waals surface area contributed by atoms with Crippen molar-refractivity contribution in [3.63, 3.8) is 0 Å². The van der Waals surface area contributed by atoms with Crippen molar-refractivity contribution in [1.82, 2.24) is 0 Å². The lowest BCUT2D eigenvalue weighted by Crippen LogP contribution is -2.48. The first-order valence-corrected chi connectivity index (χ1v) is 10.3. The molecular formula is C23H19Cl2F2N3O. The summed E-state index contributed by atoms with van der Waals surface area (Å²) in [4.78, 5) is 15.1. The fraction of sp³-hybridized carbons (Fsp3) is 0.174. The maximum absolute atomic E-state index is 14.5. The first kappa shape index (κ1) is 21.4. The number of primary amides is 1. The third kappa shape index (κ3) is 4.05. The van der Waals surface area contributed by atoms with E-state index in [4.69, 9.17) is 28.9 Å². The number of carbonyl (C=O) groups excluding carboxylic acids is 1. The molecule has 4 nitrogen and oxygen atoms in total. The molecule has 0 radical (unpaired) electrons. The smallest absolute Gasteiger partial charge is 0.248 e. The summed E-state index contributed by atoms with van der Waals surface area (Å²) < 4.78 is 28.2. The Morgan fingerprint density at radius 3 is 2.48 bits per heavy atom. The van der Waals surface area contributed by atoms with Crippen LogP contribution < -0.4 is 15.5 Å². The van der Waals surface area contributed by atoms with Gasteiger partial charge in [-0.05, 0) is 48.0 Å². The van der Waals surface area contributed by atoms with Crippen LogP contribution in [0.5, 0.6) is 0 Å². The van der Waals surface area contributed by atoms with Crippen LogP contribution in [0.4, 0.5) is 25.8 Å². The average molecular weight is 462 g/mol. The van der Waals surface area contributed by atoms with E-state index < -0.39 is 17.9 Å². The number of amides is 1. The van der Waals surface area contributed by atoms with Gasteiger partial charge in [0.25, 0.3) is 0 Å². The molecule has 1 amide bonds. The highest BCUT2D eigenvalue weighted by Crippen LogP contribution is 2.42. The summed E-state index contributed by atoms with van der Waals surface area (Å²) in [6.07, 6.45) is -0.930. The van der Waals surface area contributed by atoms with E-state index in [-0.39, 0.29) is 23.8 Å². The second kappa shape index (κ2) is 8.36. The average Bonchev–Trinajstić information content (AvgIpc) is 2.71. The quantitative estimate of drug-likeness (QED) is 0.520. The molecular weight excluding hydrogens is 443 g/mol. The van der Waals surface area contributed by atoms with Crippen molar-refractivity contribution in [2.75, 3.05) is 29.9 Å². The van der Waals surface area contributed by atoms with E-state index in [1.165, 1.54) is 12.1 Å². The number of para-hydroxylation sites is 1. The van der Waals surface area contributed by atoms with Crippen molar-refractivity contribution in [2.45, 2.75) is 6.17 Å². The Hall–Kier alpha value is -2.83. The summed E-state index contributed by atoms with van der Waals surface area (Å²) in [5.74, 6) is -1.03. The van der Waals surface area contributed by atoms with Crippen LogP contribution >= 0.6 is 23.2 Å². The van der Waals surface area contributed by atoms with Gasteiger partial charge in [0.05, 0.1) is 35.2 Å². The number of alkyl halides is 1. The second-order valence-corrected chi connectivity index (χ2v) is 8.21. The molecule has 4 rings (SSSR count). The predicted molar refractivity (Wildman–Crippen MR) is 122 cm³/mol. The number of hydrogen-bond acceptors (Lipinski definition) is 3. The number of nitrogens with zero attached hydrogens (tertiary/aromatic N) is 2. The Morgan fingerprint density at radius 2 is 1.84 bits per heavy atom. The fourth-order valence-corrected chi connectivity index (χ4v) is 4.20. The molecule has 160 valence electrons. The van der Waals surface area contributed by atoms with Gasteiger partial charge in [0.2, 0.25) is 5.91 Å². The molecule has 1 aliphatic heterocycles. The van der Waals surface area contributed by atoms with E-state index in [1.807, 2.05) is 17.0 Å². The maximum Gasteiger partial charge on any atom is 0.248 e. The van der Waals surface area contributed by atoms with E-state index >= 15 is 0 Å². The number of rotatable bonds is 5. The van der Waals surface area contributed by atoms with Gasteiger partial charge in [0.1, 0.15) is 12.0 Å². The summed E-state index contributed by atoms with van der Waals surface area (Å²) in [6, 6.07) is 14.7. The molecule has 0 spiro atoms. The monoisotopic (exact) mass is 461 g/mol. The van der Waals surface area contributed by atoms with Gasteiger partial charge in [-0.25, -0.2) is 8.78 Å². The molecule has 0 saturated carbocycles. The Bertz CT molecular complexity index is 1150. The number of benzene rings is 3. The summed E-state index contributed by atoms with van der Waals surface area (Å²) in [5, 5.41) is 0.711. The highest BCUT2D eigenvalue weighted by atomic mass is 35.5. The molecule has 1 heterocycles. The van der Waals surface area contributed by atoms with Gasteiger partial charge in [-0.2, -0.15) is 0 Å². The number of nitrogens with two attached hydrogens (primary N) is 1. The minimum Gasteiger partial charge on any atom is -0.366 e. The first-order chi connectivity index (χ1) is 14.8. The normalized spacial score (nSPS) is 13.8. The fourth-order valence-electron chi connectivity index (χ4n) is 3.68. The molecule has 1 aliphatic rings. The van der Waals surface area contributed by atoms with Crippen LogP contribution in [0.1, 0.15) is 10.4 Å². The van der Waals surface area contributed by atoms with E-state index in [0.29, 0.717) is 27.5 Å². The highest BCUT2D eigenvalue weighted by Gasteiger charge is 2.30. The van der Waals surface area contributed by atoms with Crippen LogP contribution in [0.25, 0.3) is 11.1 Å². The van der Waals surface area contributed by atoms with Crippen molar-refractivity contribution in [3.05, 3.63) is 76.0 Å². The van der Waals surface area contributed by atoms with Crippen LogP contribution in [0.2, 0.25) is 10.0 Å². The molecule has 31 heavy (non-hydrogen) atoms.